The molecule has 0 aliphatic carbocycles. The average molecular weight is 225 g/mol. The largest absolute Gasteiger partial charge is 0.309 e. The zero-order valence-electron chi connectivity index (χ0n) is 10.3. The molecule has 2 heteroatoms. The summed E-state index contributed by atoms with van der Waals surface area (Å²) >= 11 is 1.89. The minimum absolute atomic E-state index is 0.560. The maximum Gasteiger partial charge on any atom is 0.0445 e. The van der Waals surface area contributed by atoms with E-state index in [1.807, 2.05) is 11.3 Å². The molecule has 1 heterocycles. The fraction of sp³-hybridized carbons (Fsp3) is 0.692. The first-order valence-electron chi connectivity index (χ1n) is 6.01. The Balaban J connectivity index is 2.86. The highest BCUT2D eigenvalue weighted by molar-refractivity contribution is 7.10. The fourth-order valence-electron chi connectivity index (χ4n) is 2.16. The van der Waals surface area contributed by atoms with Crippen LogP contribution < -0.4 is 5.32 Å². The predicted molar refractivity (Wildman–Crippen MR) is 69.5 cm³/mol. The molecule has 0 radical (unpaired) electrons. The van der Waals surface area contributed by atoms with Crippen LogP contribution in [0.2, 0.25) is 0 Å². The van der Waals surface area contributed by atoms with Crippen LogP contribution in [0, 0.1) is 12.8 Å². The average Bonchev–Trinajstić information content (AvgIpc) is 2.65. The van der Waals surface area contributed by atoms with Crippen LogP contribution in [0.15, 0.2) is 11.4 Å². The Hall–Kier alpha value is -0.340. The molecule has 0 saturated carbocycles. The van der Waals surface area contributed by atoms with Gasteiger partial charge >= 0.3 is 0 Å². The Kier molecular flexibility index (Phi) is 5.34. The third-order valence-corrected chi connectivity index (χ3v) is 4.23. The van der Waals surface area contributed by atoms with E-state index >= 15 is 0 Å². The molecule has 0 aliphatic rings. The smallest absolute Gasteiger partial charge is 0.0445 e. The SMILES string of the molecule is CCNC(c1sccc1C)C(CC)CC. The van der Waals surface area contributed by atoms with Gasteiger partial charge in [0.1, 0.15) is 0 Å². The van der Waals surface area contributed by atoms with Crippen molar-refractivity contribution in [2.75, 3.05) is 6.54 Å². The molecule has 0 spiro atoms. The molecule has 0 aromatic carbocycles. The van der Waals surface area contributed by atoms with Gasteiger partial charge in [-0.15, -0.1) is 11.3 Å². The van der Waals surface area contributed by atoms with E-state index in [-0.39, 0.29) is 0 Å². The summed E-state index contributed by atoms with van der Waals surface area (Å²) in [6, 6.07) is 2.79. The molecular weight excluding hydrogens is 202 g/mol. The van der Waals surface area contributed by atoms with Crippen LogP contribution in [0.3, 0.4) is 0 Å². The molecule has 1 N–H and O–H groups in total. The number of rotatable bonds is 6. The third kappa shape index (κ3) is 3.05. The van der Waals surface area contributed by atoms with Crippen molar-refractivity contribution in [1.82, 2.24) is 5.32 Å². The van der Waals surface area contributed by atoms with E-state index in [1.165, 1.54) is 23.3 Å². The first-order chi connectivity index (χ1) is 7.24. The molecule has 0 aliphatic heterocycles. The lowest BCUT2D eigenvalue weighted by Crippen LogP contribution is -2.27. The van der Waals surface area contributed by atoms with Gasteiger partial charge in [-0.3, -0.25) is 0 Å². The summed E-state index contributed by atoms with van der Waals surface area (Å²) < 4.78 is 0. The summed E-state index contributed by atoms with van der Waals surface area (Å²) in [5.41, 5.74) is 1.44. The van der Waals surface area contributed by atoms with Crippen molar-refractivity contribution >= 4 is 11.3 Å². The molecule has 1 rings (SSSR count). The van der Waals surface area contributed by atoms with Crippen molar-refractivity contribution in [2.24, 2.45) is 5.92 Å². The van der Waals surface area contributed by atoms with E-state index in [2.05, 4.69) is 44.5 Å². The van der Waals surface area contributed by atoms with Crippen LogP contribution in [0.4, 0.5) is 0 Å². The van der Waals surface area contributed by atoms with E-state index in [0.29, 0.717) is 6.04 Å². The lowest BCUT2D eigenvalue weighted by atomic mass is 9.92. The standard InChI is InChI=1S/C13H23NS/c1-5-11(6-2)12(14-7-3)13-10(4)8-9-15-13/h8-9,11-12,14H,5-7H2,1-4H3. The Labute approximate surface area is 97.9 Å². The van der Waals surface area contributed by atoms with Gasteiger partial charge in [0.2, 0.25) is 0 Å². The van der Waals surface area contributed by atoms with Gasteiger partial charge in [-0.2, -0.15) is 0 Å². The fourth-order valence-corrected chi connectivity index (χ4v) is 3.25. The summed E-state index contributed by atoms with van der Waals surface area (Å²) in [6.07, 6.45) is 2.51. The molecule has 0 bridgehead atoms. The second-order valence-corrected chi connectivity index (χ2v) is 5.03. The number of hydrogen-bond donors (Lipinski definition) is 1. The number of thiophene rings is 1. The Morgan fingerprint density at radius 2 is 1.93 bits per heavy atom. The van der Waals surface area contributed by atoms with E-state index in [1.54, 1.807) is 0 Å². The summed E-state index contributed by atoms with van der Waals surface area (Å²) in [5, 5.41) is 5.84. The summed E-state index contributed by atoms with van der Waals surface area (Å²) in [6.45, 7) is 10.1. The van der Waals surface area contributed by atoms with Crippen LogP contribution in [-0.2, 0) is 0 Å². The Morgan fingerprint density at radius 3 is 2.33 bits per heavy atom. The lowest BCUT2D eigenvalue weighted by Gasteiger charge is -2.26. The van der Waals surface area contributed by atoms with Gasteiger partial charge in [0.25, 0.3) is 0 Å². The minimum atomic E-state index is 0.560. The highest BCUT2D eigenvalue weighted by Gasteiger charge is 2.21. The van der Waals surface area contributed by atoms with Crippen molar-refractivity contribution < 1.29 is 0 Å². The molecule has 1 aromatic rings. The second-order valence-electron chi connectivity index (χ2n) is 4.08. The van der Waals surface area contributed by atoms with Gasteiger partial charge in [-0.05, 0) is 36.4 Å². The molecule has 86 valence electrons. The normalized spacial score (nSPS) is 13.4. The monoisotopic (exact) mass is 225 g/mol. The summed E-state index contributed by atoms with van der Waals surface area (Å²) in [5.74, 6) is 0.766. The number of nitrogens with one attached hydrogen (secondary N) is 1. The molecule has 0 fully saturated rings. The van der Waals surface area contributed by atoms with E-state index in [9.17, 15) is 0 Å². The second kappa shape index (κ2) is 6.29. The first kappa shape index (κ1) is 12.7. The van der Waals surface area contributed by atoms with Crippen molar-refractivity contribution in [3.63, 3.8) is 0 Å². The number of hydrogen-bond acceptors (Lipinski definition) is 2. The van der Waals surface area contributed by atoms with Crippen LogP contribution in [0.25, 0.3) is 0 Å². The topological polar surface area (TPSA) is 12.0 Å². The van der Waals surface area contributed by atoms with Crippen LogP contribution in [-0.4, -0.2) is 6.54 Å². The van der Waals surface area contributed by atoms with Gasteiger partial charge in [-0.1, -0.05) is 33.6 Å². The van der Waals surface area contributed by atoms with E-state index in [0.717, 1.165) is 12.5 Å². The number of aryl methyl sites for hydroxylation is 1. The molecule has 15 heavy (non-hydrogen) atoms. The Morgan fingerprint density at radius 1 is 1.27 bits per heavy atom. The highest BCUT2D eigenvalue weighted by atomic mass is 32.1. The molecule has 1 aromatic heterocycles. The van der Waals surface area contributed by atoms with Crippen LogP contribution >= 0.6 is 11.3 Å². The lowest BCUT2D eigenvalue weighted by molar-refractivity contribution is 0.350. The molecule has 1 nitrogen and oxygen atoms in total. The Bertz CT molecular complexity index is 276. The van der Waals surface area contributed by atoms with Crippen molar-refractivity contribution in [2.45, 2.75) is 46.6 Å². The first-order valence-corrected chi connectivity index (χ1v) is 6.89. The highest BCUT2D eigenvalue weighted by Crippen LogP contribution is 2.32. The zero-order valence-corrected chi connectivity index (χ0v) is 11.2. The summed E-state index contributed by atoms with van der Waals surface area (Å²) in [7, 11) is 0. The molecule has 0 saturated heterocycles. The van der Waals surface area contributed by atoms with Gasteiger partial charge in [0, 0.05) is 10.9 Å². The molecule has 0 amide bonds. The maximum atomic E-state index is 3.64. The third-order valence-electron chi connectivity index (χ3n) is 3.13. The van der Waals surface area contributed by atoms with Gasteiger partial charge in [0.15, 0.2) is 0 Å². The van der Waals surface area contributed by atoms with Crippen LogP contribution in [0.5, 0.6) is 0 Å². The summed E-state index contributed by atoms with van der Waals surface area (Å²) in [4.78, 5) is 1.53. The predicted octanol–water partition coefficient (Wildman–Crippen LogP) is 4.14. The molecular formula is C13H23NS. The zero-order chi connectivity index (χ0) is 11.3. The van der Waals surface area contributed by atoms with Crippen LogP contribution in [0.1, 0.15) is 50.1 Å². The quantitative estimate of drug-likeness (QED) is 0.767. The van der Waals surface area contributed by atoms with Crippen molar-refractivity contribution in [3.05, 3.63) is 21.9 Å². The van der Waals surface area contributed by atoms with Gasteiger partial charge < -0.3 is 5.32 Å². The van der Waals surface area contributed by atoms with E-state index < -0.39 is 0 Å². The van der Waals surface area contributed by atoms with E-state index in [4.69, 9.17) is 0 Å². The van der Waals surface area contributed by atoms with Gasteiger partial charge in [0.05, 0.1) is 0 Å². The molecule has 1 unspecified atom stereocenters. The molecule has 1 atom stereocenters. The maximum absolute atomic E-state index is 3.64. The van der Waals surface area contributed by atoms with Crippen molar-refractivity contribution in [1.29, 1.82) is 0 Å². The minimum Gasteiger partial charge on any atom is -0.309 e. The van der Waals surface area contributed by atoms with Crippen molar-refractivity contribution in [3.8, 4) is 0 Å². The van der Waals surface area contributed by atoms with Gasteiger partial charge in [-0.25, -0.2) is 0 Å².